The molecule has 0 aliphatic carbocycles. The van der Waals surface area contributed by atoms with Crippen molar-refractivity contribution in [1.82, 2.24) is 4.98 Å². The van der Waals surface area contributed by atoms with Gasteiger partial charge in [-0.05, 0) is 35.9 Å². The minimum atomic E-state index is 0.0419. The van der Waals surface area contributed by atoms with Crippen LogP contribution in [0.2, 0.25) is 0 Å². The SMILES string of the molecule is O=NCCN(CCO)c1ccc(/C=C/c2ccccn2)cc1. The molecule has 0 fully saturated rings. The molecule has 114 valence electrons. The van der Waals surface area contributed by atoms with Crippen LogP contribution in [0.15, 0.2) is 53.8 Å². The van der Waals surface area contributed by atoms with E-state index in [2.05, 4.69) is 10.2 Å². The Morgan fingerprint density at radius 1 is 1.09 bits per heavy atom. The second kappa shape index (κ2) is 8.69. The number of anilines is 1. The third-order valence-electron chi connectivity index (χ3n) is 3.22. The first-order valence-corrected chi connectivity index (χ1v) is 7.17. The van der Waals surface area contributed by atoms with E-state index in [-0.39, 0.29) is 13.2 Å². The van der Waals surface area contributed by atoms with Crippen LogP contribution in [0.4, 0.5) is 5.69 Å². The van der Waals surface area contributed by atoms with Crippen molar-refractivity contribution >= 4 is 17.8 Å². The fourth-order valence-corrected chi connectivity index (χ4v) is 2.10. The van der Waals surface area contributed by atoms with Gasteiger partial charge in [-0.1, -0.05) is 29.5 Å². The van der Waals surface area contributed by atoms with E-state index >= 15 is 0 Å². The van der Waals surface area contributed by atoms with Crippen LogP contribution >= 0.6 is 0 Å². The number of pyridine rings is 1. The van der Waals surface area contributed by atoms with Gasteiger partial charge in [0, 0.05) is 25.0 Å². The van der Waals surface area contributed by atoms with Gasteiger partial charge in [-0.25, -0.2) is 0 Å². The first-order chi connectivity index (χ1) is 10.8. The molecule has 0 atom stereocenters. The molecule has 2 rings (SSSR count). The molecule has 0 amide bonds. The van der Waals surface area contributed by atoms with Gasteiger partial charge in [0.15, 0.2) is 0 Å². The standard InChI is InChI=1S/C17H19N3O2/c21-14-13-20(12-11-19-22)17-8-5-15(6-9-17)4-7-16-3-1-2-10-18-16/h1-10,21H,11-14H2/b7-4+. The normalized spacial score (nSPS) is 10.8. The predicted octanol–water partition coefficient (Wildman–Crippen LogP) is 2.82. The molecule has 1 aromatic heterocycles. The van der Waals surface area contributed by atoms with E-state index in [1.807, 2.05) is 59.5 Å². The lowest BCUT2D eigenvalue weighted by Crippen LogP contribution is -2.29. The number of benzene rings is 1. The number of aromatic nitrogens is 1. The Labute approximate surface area is 129 Å². The number of aliphatic hydroxyl groups excluding tert-OH is 1. The minimum Gasteiger partial charge on any atom is -0.395 e. The van der Waals surface area contributed by atoms with Crippen molar-refractivity contribution in [2.75, 3.05) is 31.1 Å². The average Bonchev–Trinajstić information content (AvgIpc) is 2.58. The lowest BCUT2D eigenvalue weighted by molar-refractivity contribution is 0.302. The summed E-state index contributed by atoms with van der Waals surface area (Å²) in [5.74, 6) is 0. The molecule has 22 heavy (non-hydrogen) atoms. The van der Waals surface area contributed by atoms with Gasteiger partial charge in [0.25, 0.3) is 0 Å². The van der Waals surface area contributed by atoms with E-state index < -0.39 is 0 Å². The Hall–Kier alpha value is -2.53. The van der Waals surface area contributed by atoms with Crippen LogP contribution in [0.25, 0.3) is 12.2 Å². The fourth-order valence-electron chi connectivity index (χ4n) is 2.10. The van der Waals surface area contributed by atoms with E-state index in [1.165, 1.54) is 0 Å². The topological polar surface area (TPSA) is 65.8 Å². The molecule has 2 aromatic rings. The highest BCUT2D eigenvalue weighted by atomic mass is 16.3. The van der Waals surface area contributed by atoms with Crippen molar-refractivity contribution in [2.24, 2.45) is 5.18 Å². The van der Waals surface area contributed by atoms with Crippen LogP contribution in [0.1, 0.15) is 11.3 Å². The number of nitroso groups, excluding NO2 is 1. The Bertz CT molecular complexity index is 597. The van der Waals surface area contributed by atoms with E-state index in [1.54, 1.807) is 6.20 Å². The zero-order valence-electron chi connectivity index (χ0n) is 12.3. The van der Waals surface area contributed by atoms with Gasteiger partial charge in [0.1, 0.15) is 0 Å². The van der Waals surface area contributed by atoms with Crippen LogP contribution in [0, 0.1) is 4.91 Å². The Balaban J connectivity index is 2.05. The van der Waals surface area contributed by atoms with E-state index in [9.17, 15) is 4.91 Å². The highest BCUT2D eigenvalue weighted by molar-refractivity contribution is 5.69. The van der Waals surface area contributed by atoms with Crippen LogP contribution in [0.3, 0.4) is 0 Å². The van der Waals surface area contributed by atoms with Gasteiger partial charge in [0.2, 0.25) is 0 Å². The van der Waals surface area contributed by atoms with Crippen LogP contribution in [-0.4, -0.2) is 36.3 Å². The summed E-state index contributed by atoms with van der Waals surface area (Å²) < 4.78 is 0. The molecule has 5 heteroatoms. The third kappa shape index (κ3) is 4.79. The van der Waals surface area contributed by atoms with Gasteiger partial charge in [-0.2, -0.15) is 4.91 Å². The van der Waals surface area contributed by atoms with Crippen molar-refractivity contribution < 1.29 is 5.11 Å². The summed E-state index contributed by atoms with van der Waals surface area (Å²) in [6, 6.07) is 13.7. The van der Waals surface area contributed by atoms with Crippen LogP contribution < -0.4 is 4.90 Å². The fraction of sp³-hybridized carbons (Fsp3) is 0.235. The van der Waals surface area contributed by atoms with E-state index in [0.717, 1.165) is 16.9 Å². The van der Waals surface area contributed by atoms with Crippen molar-refractivity contribution in [3.8, 4) is 0 Å². The largest absolute Gasteiger partial charge is 0.395 e. The smallest absolute Gasteiger partial charge is 0.0986 e. The van der Waals surface area contributed by atoms with Crippen LogP contribution in [-0.2, 0) is 0 Å². The molecule has 0 radical (unpaired) electrons. The summed E-state index contributed by atoms with van der Waals surface area (Å²) in [5, 5.41) is 12.0. The molecule has 1 heterocycles. The van der Waals surface area contributed by atoms with Crippen LogP contribution in [0.5, 0.6) is 0 Å². The summed E-state index contributed by atoms with van der Waals surface area (Å²) in [6.45, 7) is 1.24. The number of aliphatic hydroxyl groups is 1. The summed E-state index contributed by atoms with van der Waals surface area (Å²) in [4.78, 5) is 16.4. The second-order valence-electron chi connectivity index (χ2n) is 4.74. The highest BCUT2D eigenvalue weighted by Crippen LogP contribution is 2.16. The Morgan fingerprint density at radius 3 is 2.55 bits per heavy atom. The molecule has 0 saturated carbocycles. The molecule has 0 spiro atoms. The number of rotatable bonds is 8. The quantitative estimate of drug-likeness (QED) is 0.761. The van der Waals surface area contributed by atoms with Crippen molar-refractivity contribution in [3.05, 3.63) is 64.8 Å². The zero-order valence-corrected chi connectivity index (χ0v) is 12.3. The molecule has 0 aliphatic rings. The molecule has 0 aliphatic heterocycles. The maximum absolute atomic E-state index is 10.3. The Kier molecular flexibility index (Phi) is 6.26. The number of hydrogen-bond acceptors (Lipinski definition) is 5. The van der Waals surface area contributed by atoms with Gasteiger partial charge < -0.3 is 10.0 Å². The Morgan fingerprint density at radius 2 is 1.91 bits per heavy atom. The molecule has 0 saturated heterocycles. The van der Waals surface area contributed by atoms with E-state index in [0.29, 0.717) is 13.1 Å². The average molecular weight is 297 g/mol. The van der Waals surface area contributed by atoms with Gasteiger partial charge in [-0.15, -0.1) is 0 Å². The number of nitrogens with zero attached hydrogens (tertiary/aromatic N) is 3. The monoisotopic (exact) mass is 297 g/mol. The highest BCUT2D eigenvalue weighted by Gasteiger charge is 2.05. The van der Waals surface area contributed by atoms with Crippen molar-refractivity contribution in [2.45, 2.75) is 0 Å². The maximum Gasteiger partial charge on any atom is 0.0986 e. The lowest BCUT2D eigenvalue weighted by Gasteiger charge is -2.22. The van der Waals surface area contributed by atoms with Crippen molar-refractivity contribution in [1.29, 1.82) is 0 Å². The molecule has 0 unspecified atom stereocenters. The summed E-state index contributed by atoms with van der Waals surface area (Å²) in [7, 11) is 0. The molecular formula is C17H19N3O2. The first-order valence-electron chi connectivity index (χ1n) is 7.17. The number of hydrogen-bond donors (Lipinski definition) is 1. The molecule has 5 nitrogen and oxygen atoms in total. The summed E-state index contributed by atoms with van der Waals surface area (Å²) in [5.41, 5.74) is 2.94. The zero-order chi connectivity index (χ0) is 15.6. The van der Waals surface area contributed by atoms with Gasteiger partial charge in [0.05, 0.1) is 18.8 Å². The summed E-state index contributed by atoms with van der Waals surface area (Å²) in [6.07, 6.45) is 5.71. The van der Waals surface area contributed by atoms with Gasteiger partial charge in [-0.3, -0.25) is 4.98 Å². The van der Waals surface area contributed by atoms with Gasteiger partial charge >= 0.3 is 0 Å². The molecule has 1 N–H and O–H groups in total. The lowest BCUT2D eigenvalue weighted by atomic mass is 10.1. The second-order valence-corrected chi connectivity index (χ2v) is 4.74. The van der Waals surface area contributed by atoms with Crippen molar-refractivity contribution in [3.63, 3.8) is 0 Å². The molecular weight excluding hydrogens is 278 g/mol. The maximum atomic E-state index is 10.3. The van der Waals surface area contributed by atoms with E-state index in [4.69, 9.17) is 5.11 Å². The minimum absolute atomic E-state index is 0.0419. The summed E-state index contributed by atoms with van der Waals surface area (Å²) >= 11 is 0. The third-order valence-corrected chi connectivity index (χ3v) is 3.22. The molecule has 1 aromatic carbocycles. The first kappa shape index (κ1) is 15.9. The predicted molar refractivity (Wildman–Crippen MR) is 89.6 cm³/mol. The molecule has 0 bridgehead atoms.